The lowest BCUT2D eigenvalue weighted by molar-refractivity contribution is -0.134. The molecule has 1 rings (SSSR count). The first-order chi connectivity index (χ1) is 7.97. The Kier molecular flexibility index (Phi) is 4.92. The summed E-state index contributed by atoms with van der Waals surface area (Å²) in [5.74, 6) is 0.167. The fourth-order valence-electron chi connectivity index (χ4n) is 1.87. The Morgan fingerprint density at radius 1 is 1.41 bits per heavy atom. The Hall–Kier alpha value is -1.11. The molecule has 0 aromatic heterocycles. The van der Waals surface area contributed by atoms with Gasteiger partial charge in [-0.2, -0.15) is 0 Å². The van der Waals surface area contributed by atoms with Crippen LogP contribution >= 0.6 is 0 Å². The molecule has 0 radical (unpaired) electrons. The summed E-state index contributed by atoms with van der Waals surface area (Å²) in [4.78, 5) is 13.8. The molecule has 3 N–H and O–H groups in total. The molecule has 1 fully saturated rings. The summed E-state index contributed by atoms with van der Waals surface area (Å²) in [6.45, 7) is 4.66. The van der Waals surface area contributed by atoms with Crippen molar-refractivity contribution in [3.8, 4) is 0 Å². The number of carbonyl (C=O) groups is 1. The van der Waals surface area contributed by atoms with Gasteiger partial charge in [-0.15, -0.1) is 0 Å². The lowest BCUT2D eigenvalue weighted by atomic mass is 9.93. The highest BCUT2D eigenvalue weighted by atomic mass is 32.2. The minimum absolute atomic E-state index is 0.0363. The third-order valence-corrected chi connectivity index (χ3v) is 4.13. The standard InChI is InChI=1S/C10H19N3O3S/c1-7(2)8(9(11)12-15)10(14)13-3-5-17(16)6-4-13/h7-8,15H,3-6H2,1-2H3,(H2,11,12). The monoisotopic (exact) mass is 261 g/mol. The van der Waals surface area contributed by atoms with Gasteiger partial charge in [0.25, 0.3) is 0 Å². The number of oxime groups is 1. The number of amidine groups is 1. The van der Waals surface area contributed by atoms with Crippen molar-refractivity contribution in [1.29, 1.82) is 0 Å². The maximum absolute atomic E-state index is 12.2. The van der Waals surface area contributed by atoms with Crippen LogP contribution in [0.3, 0.4) is 0 Å². The first-order valence-corrected chi connectivity index (χ1v) is 7.07. The van der Waals surface area contributed by atoms with Crippen molar-refractivity contribution >= 4 is 22.5 Å². The average Bonchev–Trinajstić information content (AvgIpc) is 2.29. The second-order valence-electron chi connectivity index (χ2n) is 4.42. The fraction of sp³-hybridized carbons (Fsp3) is 0.800. The number of rotatable bonds is 3. The van der Waals surface area contributed by atoms with Crippen molar-refractivity contribution in [1.82, 2.24) is 4.90 Å². The van der Waals surface area contributed by atoms with Crippen LogP contribution in [0.25, 0.3) is 0 Å². The van der Waals surface area contributed by atoms with Crippen molar-refractivity contribution in [2.45, 2.75) is 13.8 Å². The van der Waals surface area contributed by atoms with E-state index in [1.165, 1.54) is 0 Å². The van der Waals surface area contributed by atoms with Gasteiger partial charge in [-0.1, -0.05) is 19.0 Å². The zero-order valence-electron chi connectivity index (χ0n) is 10.1. The summed E-state index contributed by atoms with van der Waals surface area (Å²) in [5.41, 5.74) is 5.55. The summed E-state index contributed by atoms with van der Waals surface area (Å²) < 4.78 is 11.2. The van der Waals surface area contributed by atoms with Gasteiger partial charge in [0.15, 0.2) is 5.84 Å². The number of nitrogens with zero attached hydrogens (tertiary/aromatic N) is 2. The van der Waals surface area contributed by atoms with E-state index < -0.39 is 16.7 Å². The van der Waals surface area contributed by atoms with Crippen molar-refractivity contribution in [2.24, 2.45) is 22.7 Å². The lowest BCUT2D eigenvalue weighted by Crippen LogP contribution is -2.49. The summed E-state index contributed by atoms with van der Waals surface area (Å²) in [6.07, 6.45) is 0. The van der Waals surface area contributed by atoms with E-state index in [1.807, 2.05) is 13.8 Å². The van der Waals surface area contributed by atoms with Crippen LogP contribution in [-0.2, 0) is 15.6 Å². The third-order valence-electron chi connectivity index (χ3n) is 2.86. The van der Waals surface area contributed by atoms with Crippen molar-refractivity contribution in [3.05, 3.63) is 0 Å². The minimum atomic E-state index is -0.819. The highest BCUT2D eigenvalue weighted by Gasteiger charge is 2.32. The van der Waals surface area contributed by atoms with Crippen LogP contribution in [0.5, 0.6) is 0 Å². The van der Waals surface area contributed by atoms with Crippen LogP contribution in [0, 0.1) is 11.8 Å². The van der Waals surface area contributed by atoms with Crippen molar-refractivity contribution in [3.63, 3.8) is 0 Å². The molecule has 1 aliphatic rings. The first-order valence-electron chi connectivity index (χ1n) is 5.58. The van der Waals surface area contributed by atoms with E-state index in [-0.39, 0.29) is 17.7 Å². The van der Waals surface area contributed by atoms with Gasteiger partial charge in [-0.25, -0.2) is 0 Å². The molecule has 0 spiro atoms. The van der Waals surface area contributed by atoms with Crippen LogP contribution in [0.4, 0.5) is 0 Å². The molecule has 1 aliphatic heterocycles. The summed E-state index contributed by atoms with van der Waals surface area (Å²) >= 11 is 0. The molecule has 7 heteroatoms. The van der Waals surface area contributed by atoms with Crippen LogP contribution in [0.1, 0.15) is 13.8 Å². The molecule has 17 heavy (non-hydrogen) atoms. The minimum Gasteiger partial charge on any atom is -0.409 e. The molecule has 6 nitrogen and oxygen atoms in total. The van der Waals surface area contributed by atoms with Gasteiger partial charge in [-0.3, -0.25) is 9.00 Å². The molecule has 1 heterocycles. The van der Waals surface area contributed by atoms with Gasteiger partial charge in [0.1, 0.15) is 5.92 Å². The number of hydrogen-bond donors (Lipinski definition) is 2. The van der Waals surface area contributed by atoms with E-state index in [0.717, 1.165) is 0 Å². The Labute approximate surface area is 103 Å². The molecule has 1 saturated heterocycles. The Morgan fingerprint density at radius 2 is 1.94 bits per heavy atom. The van der Waals surface area contributed by atoms with E-state index in [2.05, 4.69) is 5.16 Å². The van der Waals surface area contributed by atoms with Crippen LogP contribution in [0.2, 0.25) is 0 Å². The first kappa shape index (κ1) is 14.0. The van der Waals surface area contributed by atoms with Gasteiger partial charge in [0, 0.05) is 35.4 Å². The number of amides is 1. The van der Waals surface area contributed by atoms with Gasteiger partial charge < -0.3 is 15.8 Å². The smallest absolute Gasteiger partial charge is 0.233 e. The maximum atomic E-state index is 12.2. The number of carbonyl (C=O) groups excluding carboxylic acids is 1. The Morgan fingerprint density at radius 3 is 2.35 bits per heavy atom. The topological polar surface area (TPSA) is 96.0 Å². The molecule has 0 aromatic rings. The average molecular weight is 261 g/mol. The normalized spacial score (nSPS) is 20.6. The molecule has 0 aliphatic carbocycles. The largest absolute Gasteiger partial charge is 0.409 e. The summed E-state index contributed by atoms with van der Waals surface area (Å²) in [6, 6.07) is 0. The van der Waals surface area contributed by atoms with E-state index >= 15 is 0 Å². The fourth-order valence-corrected chi connectivity index (χ4v) is 2.92. The number of hydrogen-bond acceptors (Lipinski definition) is 4. The molecule has 0 aromatic carbocycles. The summed E-state index contributed by atoms with van der Waals surface area (Å²) in [5, 5.41) is 11.6. The summed E-state index contributed by atoms with van der Waals surface area (Å²) in [7, 11) is -0.819. The predicted molar refractivity (Wildman–Crippen MR) is 66.2 cm³/mol. The molecule has 1 unspecified atom stereocenters. The third kappa shape index (κ3) is 3.42. The SMILES string of the molecule is CC(C)C(C(=O)N1CCS(=O)CC1)C(N)=NO. The van der Waals surface area contributed by atoms with E-state index in [4.69, 9.17) is 10.9 Å². The molecule has 1 amide bonds. The van der Waals surface area contributed by atoms with Crippen LogP contribution in [0.15, 0.2) is 5.16 Å². The molecule has 0 bridgehead atoms. The van der Waals surface area contributed by atoms with Crippen molar-refractivity contribution in [2.75, 3.05) is 24.6 Å². The predicted octanol–water partition coefficient (Wildman–Crippen LogP) is -0.404. The lowest BCUT2D eigenvalue weighted by Gasteiger charge is -2.31. The van der Waals surface area contributed by atoms with E-state index in [0.29, 0.717) is 24.6 Å². The van der Waals surface area contributed by atoms with Crippen molar-refractivity contribution < 1.29 is 14.2 Å². The molecule has 98 valence electrons. The van der Waals surface area contributed by atoms with Gasteiger partial charge in [0.05, 0.1) is 0 Å². The Balaban J connectivity index is 2.75. The zero-order chi connectivity index (χ0) is 13.0. The second kappa shape index (κ2) is 6.00. The maximum Gasteiger partial charge on any atom is 0.233 e. The number of nitrogens with two attached hydrogens (primary N) is 1. The van der Waals surface area contributed by atoms with E-state index in [1.54, 1.807) is 4.90 Å². The van der Waals surface area contributed by atoms with Crippen LogP contribution in [-0.4, -0.2) is 50.7 Å². The molecule has 0 saturated carbocycles. The van der Waals surface area contributed by atoms with Crippen LogP contribution < -0.4 is 5.73 Å². The molecular weight excluding hydrogens is 242 g/mol. The highest BCUT2D eigenvalue weighted by molar-refractivity contribution is 7.85. The zero-order valence-corrected chi connectivity index (χ0v) is 10.9. The second-order valence-corrected chi connectivity index (χ2v) is 6.12. The molecule has 1 atom stereocenters. The van der Waals surface area contributed by atoms with Gasteiger partial charge in [-0.05, 0) is 5.92 Å². The highest BCUT2D eigenvalue weighted by Crippen LogP contribution is 2.16. The van der Waals surface area contributed by atoms with Gasteiger partial charge >= 0.3 is 0 Å². The Bertz CT molecular complexity index is 334. The quantitative estimate of drug-likeness (QED) is 0.312. The van der Waals surface area contributed by atoms with Gasteiger partial charge in [0.2, 0.25) is 5.91 Å². The molecular formula is C10H19N3O3S. The van der Waals surface area contributed by atoms with E-state index in [9.17, 15) is 9.00 Å².